The third-order valence-corrected chi connectivity index (χ3v) is 3.99. The lowest BCUT2D eigenvalue weighted by Crippen LogP contribution is -2.36. The van der Waals surface area contributed by atoms with Crippen LogP contribution in [0.2, 0.25) is 0 Å². The zero-order valence-corrected chi connectivity index (χ0v) is 15.8. The molecule has 0 aliphatic heterocycles. The van der Waals surface area contributed by atoms with Crippen molar-refractivity contribution in [2.45, 2.75) is 32.5 Å². The summed E-state index contributed by atoms with van der Waals surface area (Å²) in [6.07, 6.45) is -2.83. The van der Waals surface area contributed by atoms with Gasteiger partial charge in [0.1, 0.15) is 5.69 Å². The van der Waals surface area contributed by atoms with Crippen LogP contribution in [0.15, 0.2) is 41.2 Å². The topological polar surface area (TPSA) is 93.1 Å². The highest BCUT2D eigenvalue weighted by atomic mass is 19.4. The Balaban J connectivity index is 1.83. The summed E-state index contributed by atoms with van der Waals surface area (Å²) in [6.45, 7) is 2.54. The summed E-state index contributed by atoms with van der Waals surface area (Å²) in [5.74, 6) is -1.06. The van der Waals surface area contributed by atoms with Gasteiger partial charge in [-0.3, -0.25) is 14.4 Å². The highest BCUT2D eigenvalue weighted by Crippen LogP contribution is 2.29. The number of aryl methyl sites for hydroxylation is 1. The molecular formula is C19H21F3N4O3. The first-order valence-corrected chi connectivity index (χ1v) is 9.04. The maximum atomic E-state index is 12.5. The van der Waals surface area contributed by atoms with Gasteiger partial charge in [-0.25, -0.2) is 4.68 Å². The molecule has 1 heterocycles. The highest BCUT2D eigenvalue weighted by molar-refractivity contribution is 5.94. The summed E-state index contributed by atoms with van der Waals surface area (Å²) in [5, 5.41) is 9.07. The Kier molecular flexibility index (Phi) is 7.52. The molecule has 0 saturated heterocycles. The fourth-order valence-corrected chi connectivity index (χ4v) is 2.39. The second-order valence-electron chi connectivity index (χ2n) is 6.22. The number of unbranched alkanes of at least 4 members (excludes halogenated alkanes) is 1. The van der Waals surface area contributed by atoms with E-state index in [9.17, 15) is 27.6 Å². The second-order valence-corrected chi connectivity index (χ2v) is 6.22. The molecule has 156 valence electrons. The number of amides is 2. The number of hydrogen-bond donors (Lipinski definition) is 2. The molecular weight excluding hydrogens is 389 g/mol. The molecule has 0 radical (unpaired) electrons. The van der Waals surface area contributed by atoms with E-state index in [0.717, 1.165) is 37.1 Å². The summed E-state index contributed by atoms with van der Waals surface area (Å²) >= 11 is 0. The van der Waals surface area contributed by atoms with Crippen LogP contribution < -0.4 is 16.2 Å². The summed E-state index contributed by atoms with van der Waals surface area (Å²) < 4.78 is 38.8. The maximum Gasteiger partial charge on any atom is 0.416 e. The Hall–Kier alpha value is -3.17. The molecule has 1 aromatic carbocycles. The van der Waals surface area contributed by atoms with Crippen LogP contribution >= 0.6 is 0 Å². The van der Waals surface area contributed by atoms with E-state index in [2.05, 4.69) is 15.7 Å². The van der Waals surface area contributed by atoms with E-state index >= 15 is 0 Å². The lowest BCUT2D eigenvalue weighted by Gasteiger charge is -2.09. The van der Waals surface area contributed by atoms with Gasteiger partial charge in [-0.05, 0) is 36.8 Å². The number of benzene rings is 1. The van der Waals surface area contributed by atoms with Gasteiger partial charge >= 0.3 is 6.18 Å². The van der Waals surface area contributed by atoms with E-state index in [1.807, 2.05) is 6.92 Å². The van der Waals surface area contributed by atoms with Crippen molar-refractivity contribution in [1.82, 2.24) is 20.4 Å². The molecule has 7 nitrogen and oxygen atoms in total. The van der Waals surface area contributed by atoms with E-state index in [-0.39, 0.29) is 29.9 Å². The molecule has 1 aromatic heterocycles. The van der Waals surface area contributed by atoms with Crippen LogP contribution in [0.5, 0.6) is 0 Å². The van der Waals surface area contributed by atoms with Gasteiger partial charge in [-0.1, -0.05) is 13.3 Å². The van der Waals surface area contributed by atoms with Gasteiger partial charge in [-0.15, -0.1) is 0 Å². The zero-order chi connectivity index (χ0) is 21.4. The smallest absolute Gasteiger partial charge is 0.350 e. The van der Waals surface area contributed by atoms with Gasteiger partial charge < -0.3 is 10.6 Å². The maximum absolute atomic E-state index is 12.5. The predicted octanol–water partition coefficient (Wildman–Crippen LogP) is 2.22. The van der Waals surface area contributed by atoms with Gasteiger partial charge in [-0.2, -0.15) is 18.3 Å². The summed E-state index contributed by atoms with van der Waals surface area (Å²) in [5.41, 5.74) is -0.975. The standard InChI is InChI=1S/C19H21F3N4O3/c1-2-3-12-26-16(27)9-8-15(25-26)18(29)24-11-10-23-17(28)13-4-6-14(7-5-13)19(20,21)22/h4-9H,2-3,10-12H2,1H3,(H,23,28)(H,24,29). The predicted molar refractivity (Wildman–Crippen MR) is 99.5 cm³/mol. The molecule has 2 amide bonds. The Labute approximate surface area is 164 Å². The summed E-state index contributed by atoms with van der Waals surface area (Å²) in [4.78, 5) is 35.8. The number of carbonyl (C=O) groups is 2. The van der Waals surface area contributed by atoms with E-state index in [1.54, 1.807) is 0 Å². The average molecular weight is 410 g/mol. The summed E-state index contributed by atoms with van der Waals surface area (Å²) in [7, 11) is 0. The van der Waals surface area contributed by atoms with Crippen LogP contribution in [-0.4, -0.2) is 34.7 Å². The van der Waals surface area contributed by atoms with Crippen molar-refractivity contribution in [3.8, 4) is 0 Å². The number of rotatable bonds is 8. The highest BCUT2D eigenvalue weighted by Gasteiger charge is 2.30. The second kappa shape index (κ2) is 9.85. The van der Waals surface area contributed by atoms with Crippen molar-refractivity contribution in [1.29, 1.82) is 0 Å². The molecule has 0 aliphatic carbocycles. The van der Waals surface area contributed by atoms with E-state index in [4.69, 9.17) is 0 Å². The quantitative estimate of drug-likeness (QED) is 0.653. The molecule has 0 saturated carbocycles. The van der Waals surface area contributed by atoms with Crippen LogP contribution in [0.3, 0.4) is 0 Å². The van der Waals surface area contributed by atoms with Crippen molar-refractivity contribution in [3.05, 3.63) is 63.6 Å². The normalized spacial score (nSPS) is 11.2. The minimum atomic E-state index is -4.47. The molecule has 2 N–H and O–H groups in total. The fraction of sp³-hybridized carbons (Fsp3) is 0.368. The molecule has 0 atom stereocenters. The third kappa shape index (κ3) is 6.44. The lowest BCUT2D eigenvalue weighted by molar-refractivity contribution is -0.137. The number of alkyl halides is 3. The van der Waals surface area contributed by atoms with Crippen LogP contribution in [-0.2, 0) is 12.7 Å². The Morgan fingerprint density at radius 2 is 1.62 bits per heavy atom. The number of aromatic nitrogens is 2. The van der Waals surface area contributed by atoms with E-state index in [0.29, 0.717) is 6.54 Å². The van der Waals surface area contributed by atoms with Gasteiger partial charge in [0.25, 0.3) is 17.4 Å². The van der Waals surface area contributed by atoms with Crippen molar-refractivity contribution in [2.24, 2.45) is 0 Å². The van der Waals surface area contributed by atoms with Crippen LogP contribution in [0.1, 0.15) is 46.2 Å². The van der Waals surface area contributed by atoms with Crippen LogP contribution in [0.25, 0.3) is 0 Å². The molecule has 0 spiro atoms. The number of carbonyl (C=O) groups excluding carboxylic acids is 2. The van der Waals surface area contributed by atoms with Gasteiger partial charge in [0.15, 0.2) is 0 Å². The first-order valence-electron chi connectivity index (χ1n) is 9.04. The number of nitrogens with one attached hydrogen (secondary N) is 2. The average Bonchev–Trinajstić information content (AvgIpc) is 2.69. The lowest BCUT2D eigenvalue weighted by atomic mass is 10.1. The summed E-state index contributed by atoms with van der Waals surface area (Å²) in [6, 6.07) is 6.41. The van der Waals surface area contributed by atoms with Crippen molar-refractivity contribution in [3.63, 3.8) is 0 Å². The van der Waals surface area contributed by atoms with E-state index < -0.39 is 23.6 Å². The first kappa shape index (κ1) is 22.1. The monoisotopic (exact) mass is 410 g/mol. The Bertz CT molecular complexity index is 908. The van der Waals surface area contributed by atoms with Gasteiger partial charge in [0.05, 0.1) is 5.56 Å². The van der Waals surface area contributed by atoms with E-state index in [1.165, 1.54) is 16.8 Å². The van der Waals surface area contributed by atoms with Crippen LogP contribution in [0.4, 0.5) is 13.2 Å². The minimum absolute atomic E-state index is 0.0705. The van der Waals surface area contributed by atoms with Gasteiger partial charge in [0, 0.05) is 31.3 Å². The minimum Gasteiger partial charge on any atom is -0.350 e. The van der Waals surface area contributed by atoms with Crippen molar-refractivity contribution < 1.29 is 22.8 Å². The van der Waals surface area contributed by atoms with Crippen molar-refractivity contribution >= 4 is 11.8 Å². The number of halogens is 3. The molecule has 0 fully saturated rings. The Morgan fingerprint density at radius 1 is 1.00 bits per heavy atom. The zero-order valence-electron chi connectivity index (χ0n) is 15.8. The molecule has 10 heteroatoms. The van der Waals surface area contributed by atoms with Crippen LogP contribution in [0, 0.1) is 0 Å². The molecule has 0 aliphatic rings. The molecule has 29 heavy (non-hydrogen) atoms. The molecule has 2 aromatic rings. The fourth-order valence-electron chi connectivity index (χ4n) is 2.39. The molecule has 0 unspecified atom stereocenters. The first-order chi connectivity index (χ1) is 13.7. The number of hydrogen-bond acceptors (Lipinski definition) is 4. The Morgan fingerprint density at radius 3 is 2.21 bits per heavy atom. The third-order valence-electron chi connectivity index (χ3n) is 3.99. The largest absolute Gasteiger partial charge is 0.416 e. The van der Waals surface area contributed by atoms with Gasteiger partial charge in [0.2, 0.25) is 0 Å². The SMILES string of the molecule is CCCCn1nc(C(=O)NCCNC(=O)c2ccc(C(F)(F)F)cc2)ccc1=O. The molecule has 2 rings (SSSR count). The number of nitrogens with zero attached hydrogens (tertiary/aromatic N) is 2. The van der Waals surface area contributed by atoms with Crippen molar-refractivity contribution in [2.75, 3.05) is 13.1 Å². The molecule has 0 bridgehead atoms.